The first-order valence-corrected chi connectivity index (χ1v) is 4.32. The van der Waals surface area contributed by atoms with Crippen molar-refractivity contribution < 1.29 is 25.2 Å². The molecule has 0 unspecified atom stereocenters. The van der Waals surface area contributed by atoms with E-state index in [9.17, 15) is 15.0 Å². The average molecular weight is 207 g/mol. The van der Waals surface area contributed by atoms with Gasteiger partial charge in [-0.1, -0.05) is 0 Å². The second-order valence-corrected chi connectivity index (χ2v) is 3.22. The van der Waals surface area contributed by atoms with Crippen molar-refractivity contribution >= 4 is 5.91 Å². The van der Waals surface area contributed by atoms with E-state index in [0.29, 0.717) is 0 Å². The van der Waals surface area contributed by atoms with Crippen LogP contribution in [0.5, 0.6) is 0 Å². The highest BCUT2D eigenvalue weighted by molar-refractivity contribution is 5.73. The van der Waals surface area contributed by atoms with Gasteiger partial charge in [0.2, 0.25) is 5.91 Å². The molecule has 0 saturated carbocycles. The van der Waals surface area contributed by atoms with E-state index in [2.05, 4.69) is 5.32 Å². The molecular formula is C8H17NO5. The summed E-state index contributed by atoms with van der Waals surface area (Å²) in [7, 11) is 0. The fraction of sp³-hybridized carbons (Fsp3) is 0.875. The fourth-order valence-corrected chi connectivity index (χ4v) is 1.04. The van der Waals surface area contributed by atoms with Crippen LogP contribution in [-0.2, 0) is 4.79 Å². The minimum Gasteiger partial charge on any atom is -0.394 e. The van der Waals surface area contributed by atoms with E-state index in [1.165, 1.54) is 13.8 Å². The zero-order valence-corrected chi connectivity index (χ0v) is 8.21. The van der Waals surface area contributed by atoms with Crippen molar-refractivity contribution in [3.05, 3.63) is 0 Å². The van der Waals surface area contributed by atoms with Crippen molar-refractivity contribution in [2.75, 3.05) is 6.61 Å². The van der Waals surface area contributed by atoms with Gasteiger partial charge in [-0.15, -0.1) is 0 Å². The number of rotatable bonds is 5. The van der Waals surface area contributed by atoms with Crippen LogP contribution < -0.4 is 5.32 Å². The van der Waals surface area contributed by atoms with E-state index in [0.717, 1.165) is 0 Å². The third-order valence-corrected chi connectivity index (χ3v) is 1.87. The summed E-state index contributed by atoms with van der Waals surface area (Å²) in [4.78, 5) is 10.6. The average Bonchev–Trinajstić information content (AvgIpc) is 2.13. The lowest BCUT2D eigenvalue weighted by molar-refractivity contribution is -0.123. The number of hydrogen-bond donors (Lipinski definition) is 5. The molecule has 84 valence electrons. The third-order valence-electron chi connectivity index (χ3n) is 1.87. The molecule has 0 spiro atoms. The number of aliphatic hydroxyl groups excluding tert-OH is 4. The van der Waals surface area contributed by atoms with Gasteiger partial charge < -0.3 is 25.7 Å². The summed E-state index contributed by atoms with van der Waals surface area (Å²) in [5.41, 5.74) is 0. The highest BCUT2D eigenvalue weighted by Crippen LogP contribution is 2.04. The SMILES string of the molecule is CC(=O)N[C@@H](C)[C@@H](O)[C@H](O)[C@H](O)CO. The highest BCUT2D eigenvalue weighted by Gasteiger charge is 2.28. The quantitative estimate of drug-likeness (QED) is 0.345. The molecule has 0 saturated heterocycles. The number of carbonyl (C=O) groups excluding carboxylic acids is 1. The molecule has 6 heteroatoms. The van der Waals surface area contributed by atoms with Crippen molar-refractivity contribution in [3.63, 3.8) is 0 Å². The Morgan fingerprint density at radius 2 is 1.79 bits per heavy atom. The third kappa shape index (κ3) is 4.01. The van der Waals surface area contributed by atoms with Gasteiger partial charge in [0.05, 0.1) is 12.6 Å². The van der Waals surface area contributed by atoms with Crippen molar-refractivity contribution in [3.8, 4) is 0 Å². The molecule has 0 heterocycles. The Labute approximate surface area is 82.2 Å². The second kappa shape index (κ2) is 5.92. The monoisotopic (exact) mass is 207 g/mol. The standard InChI is InChI=1S/C8H17NO5/c1-4(9-5(2)11)7(13)8(14)6(12)3-10/h4,6-8,10,12-14H,3H2,1-2H3,(H,9,11)/t4-,6+,7+,8+/m0/s1. The lowest BCUT2D eigenvalue weighted by atomic mass is 10.0. The molecule has 4 atom stereocenters. The topological polar surface area (TPSA) is 110 Å². The molecule has 0 aromatic carbocycles. The maximum absolute atomic E-state index is 10.6. The van der Waals surface area contributed by atoms with Gasteiger partial charge in [-0.05, 0) is 6.92 Å². The van der Waals surface area contributed by atoms with Crippen molar-refractivity contribution in [1.82, 2.24) is 5.32 Å². The number of amides is 1. The normalized spacial score (nSPS) is 19.6. The first-order valence-electron chi connectivity index (χ1n) is 4.32. The molecule has 0 aliphatic heterocycles. The Morgan fingerprint density at radius 1 is 1.29 bits per heavy atom. The summed E-state index contributed by atoms with van der Waals surface area (Å²) < 4.78 is 0. The first kappa shape index (κ1) is 13.3. The van der Waals surface area contributed by atoms with E-state index < -0.39 is 31.0 Å². The molecule has 0 aliphatic rings. The van der Waals surface area contributed by atoms with E-state index >= 15 is 0 Å². The first-order chi connectivity index (χ1) is 6.40. The lowest BCUT2D eigenvalue weighted by Gasteiger charge is -2.26. The molecule has 0 bridgehead atoms. The summed E-state index contributed by atoms with van der Waals surface area (Å²) in [6, 6.07) is -0.691. The minimum atomic E-state index is -1.48. The lowest BCUT2D eigenvalue weighted by Crippen LogP contribution is -2.50. The molecule has 0 aliphatic carbocycles. The largest absolute Gasteiger partial charge is 0.394 e. The van der Waals surface area contributed by atoms with E-state index in [1.807, 2.05) is 0 Å². The molecule has 5 N–H and O–H groups in total. The summed E-state index contributed by atoms with van der Waals surface area (Å²) in [6.45, 7) is 2.11. The van der Waals surface area contributed by atoms with Crippen LogP contribution in [0.3, 0.4) is 0 Å². The fourth-order valence-electron chi connectivity index (χ4n) is 1.04. The van der Waals surface area contributed by atoms with Crippen LogP contribution in [0.1, 0.15) is 13.8 Å². The maximum Gasteiger partial charge on any atom is 0.217 e. The smallest absolute Gasteiger partial charge is 0.217 e. The minimum absolute atomic E-state index is 0.345. The van der Waals surface area contributed by atoms with Crippen LogP contribution in [0.2, 0.25) is 0 Å². The molecule has 6 nitrogen and oxygen atoms in total. The molecule has 0 aromatic rings. The zero-order chi connectivity index (χ0) is 11.3. The van der Waals surface area contributed by atoms with Gasteiger partial charge in [-0.25, -0.2) is 0 Å². The molecule has 1 amide bonds. The van der Waals surface area contributed by atoms with Crippen LogP contribution >= 0.6 is 0 Å². The molecule has 0 rings (SSSR count). The summed E-state index contributed by atoms with van der Waals surface area (Å²) >= 11 is 0. The predicted octanol–water partition coefficient (Wildman–Crippen LogP) is -2.41. The summed E-state index contributed by atoms with van der Waals surface area (Å²) in [5, 5.41) is 38.5. The molecule has 14 heavy (non-hydrogen) atoms. The molecule has 0 fully saturated rings. The number of nitrogens with one attached hydrogen (secondary N) is 1. The summed E-state index contributed by atoms with van der Waals surface area (Å²) in [5.74, 6) is -0.345. The predicted molar refractivity (Wildman–Crippen MR) is 48.4 cm³/mol. The second-order valence-electron chi connectivity index (χ2n) is 3.22. The van der Waals surface area contributed by atoms with Crippen molar-refractivity contribution in [2.45, 2.75) is 38.2 Å². The number of hydrogen-bond acceptors (Lipinski definition) is 5. The number of carbonyl (C=O) groups is 1. The Balaban J connectivity index is 4.15. The van der Waals surface area contributed by atoms with Gasteiger partial charge in [0.1, 0.15) is 18.3 Å². The Bertz CT molecular complexity index is 187. The van der Waals surface area contributed by atoms with Gasteiger partial charge in [0.15, 0.2) is 0 Å². The van der Waals surface area contributed by atoms with Crippen LogP contribution in [0.25, 0.3) is 0 Å². The van der Waals surface area contributed by atoms with Crippen LogP contribution in [-0.4, -0.2) is 57.3 Å². The van der Waals surface area contributed by atoms with E-state index in [1.54, 1.807) is 0 Å². The molecular weight excluding hydrogens is 190 g/mol. The van der Waals surface area contributed by atoms with Crippen molar-refractivity contribution in [2.24, 2.45) is 0 Å². The molecule has 0 aromatic heterocycles. The van der Waals surface area contributed by atoms with Crippen LogP contribution in [0, 0.1) is 0 Å². The van der Waals surface area contributed by atoms with Crippen LogP contribution in [0.4, 0.5) is 0 Å². The van der Waals surface area contributed by atoms with Crippen LogP contribution in [0.15, 0.2) is 0 Å². The Morgan fingerprint density at radius 3 is 2.14 bits per heavy atom. The Kier molecular flexibility index (Phi) is 5.63. The van der Waals surface area contributed by atoms with Gasteiger partial charge in [0, 0.05) is 6.92 Å². The summed E-state index contributed by atoms with van der Waals surface area (Å²) in [6.07, 6.45) is -4.22. The van der Waals surface area contributed by atoms with Crippen molar-refractivity contribution in [1.29, 1.82) is 0 Å². The van der Waals surface area contributed by atoms with Gasteiger partial charge in [0.25, 0.3) is 0 Å². The zero-order valence-electron chi connectivity index (χ0n) is 8.21. The van der Waals surface area contributed by atoms with Gasteiger partial charge in [-0.2, -0.15) is 0 Å². The highest BCUT2D eigenvalue weighted by atomic mass is 16.4. The van der Waals surface area contributed by atoms with Gasteiger partial charge >= 0.3 is 0 Å². The number of aliphatic hydroxyl groups is 4. The van der Waals surface area contributed by atoms with E-state index in [-0.39, 0.29) is 5.91 Å². The Hall–Kier alpha value is -0.690. The molecule has 0 radical (unpaired) electrons. The van der Waals surface area contributed by atoms with E-state index in [4.69, 9.17) is 10.2 Å². The van der Waals surface area contributed by atoms with Gasteiger partial charge in [-0.3, -0.25) is 4.79 Å². The maximum atomic E-state index is 10.6.